The van der Waals surface area contributed by atoms with Gasteiger partial charge in [-0.15, -0.1) is 0 Å². The fourth-order valence-corrected chi connectivity index (χ4v) is 16.2. The molecule has 0 N–H and O–H groups in total. The molecule has 0 aliphatic heterocycles. The van der Waals surface area contributed by atoms with E-state index in [-0.39, 0.29) is 23.1 Å². The topological polar surface area (TPSA) is 52.6 Å². The Morgan fingerprint density at radius 1 is 0.500 bits per heavy atom. The van der Waals surface area contributed by atoms with Crippen molar-refractivity contribution in [1.29, 1.82) is 0 Å². The molecule has 0 spiro atoms. The van der Waals surface area contributed by atoms with E-state index in [1.54, 1.807) is 0 Å². The first-order valence-corrected chi connectivity index (χ1v) is 19.1. The molecule has 0 unspecified atom stereocenters. The highest BCUT2D eigenvalue weighted by atomic mass is 79.9. The van der Waals surface area contributed by atoms with E-state index in [0.717, 1.165) is 60.0 Å². The summed E-state index contributed by atoms with van der Waals surface area (Å²) >= 11 is 7.75. The minimum absolute atomic E-state index is 0.0514. The molecule has 40 heavy (non-hydrogen) atoms. The van der Waals surface area contributed by atoms with E-state index in [1.165, 1.54) is 70.6 Å². The number of alkyl halides is 2. The van der Waals surface area contributed by atoms with Gasteiger partial charge in [0, 0.05) is 34.3 Å². The molecular weight excluding hydrogens is 632 g/mol. The van der Waals surface area contributed by atoms with Gasteiger partial charge in [-0.3, -0.25) is 9.59 Å². The van der Waals surface area contributed by atoms with Crippen molar-refractivity contribution in [3.05, 3.63) is 0 Å². The van der Waals surface area contributed by atoms with Gasteiger partial charge in [-0.1, -0.05) is 31.9 Å². The predicted molar refractivity (Wildman–Crippen MR) is 159 cm³/mol. The average molecular weight is 679 g/mol. The first kappa shape index (κ1) is 26.3. The van der Waals surface area contributed by atoms with Crippen molar-refractivity contribution in [1.82, 2.24) is 0 Å². The molecule has 6 heteroatoms. The van der Waals surface area contributed by atoms with Gasteiger partial charge in [0.05, 0.1) is 10.8 Å². The maximum absolute atomic E-state index is 14.5. The summed E-state index contributed by atoms with van der Waals surface area (Å²) in [5.74, 6) is 6.44. The highest BCUT2D eigenvalue weighted by Gasteiger charge is 2.68. The van der Waals surface area contributed by atoms with Crippen LogP contribution in [0.2, 0.25) is 0 Å². The Hall–Kier alpha value is -0.100. The number of ether oxygens (including phenoxy) is 2. The number of hydrogen-bond acceptors (Lipinski definition) is 4. The van der Waals surface area contributed by atoms with Crippen LogP contribution in [0.4, 0.5) is 0 Å². The third-order valence-corrected chi connectivity index (χ3v) is 16.7. The summed E-state index contributed by atoms with van der Waals surface area (Å²) < 4.78 is 13.8. The molecule has 12 aliphatic carbocycles. The molecule has 220 valence electrons. The fourth-order valence-electron chi connectivity index (χ4n) is 14.1. The van der Waals surface area contributed by atoms with Crippen molar-refractivity contribution in [2.75, 3.05) is 10.7 Å². The number of hydrogen-bond donors (Lipinski definition) is 0. The van der Waals surface area contributed by atoms with Gasteiger partial charge in [0.15, 0.2) is 0 Å². The first-order valence-electron chi connectivity index (χ1n) is 16.9. The van der Waals surface area contributed by atoms with E-state index < -0.39 is 10.8 Å². The smallest absolute Gasteiger partial charge is 0.312 e. The number of carbonyl (C=O) groups is 2. The lowest BCUT2D eigenvalue weighted by Gasteiger charge is -2.63. The van der Waals surface area contributed by atoms with Crippen molar-refractivity contribution >= 4 is 43.8 Å². The minimum Gasteiger partial charge on any atom is -0.457 e. The van der Waals surface area contributed by atoms with Crippen molar-refractivity contribution in [3.8, 4) is 0 Å². The first-order chi connectivity index (χ1) is 19.3. The lowest BCUT2D eigenvalue weighted by molar-refractivity contribution is -0.235. The van der Waals surface area contributed by atoms with Crippen LogP contribution in [0.1, 0.15) is 103 Å². The van der Waals surface area contributed by atoms with Crippen molar-refractivity contribution < 1.29 is 19.1 Å². The van der Waals surface area contributed by atoms with Gasteiger partial charge in [0.25, 0.3) is 0 Å². The van der Waals surface area contributed by atoms with Crippen LogP contribution in [0.15, 0.2) is 0 Å². The van der Waals surface area contributed by atoms with Crippen LogP contribution in [0.5, 0.6) is 0 Å². The Labute approximate surface area is 256 Å². The Morgan fingerprint density at radius 3 is 1.10 bits per heavy atom. The second-order valence-corrected chi connectivity index (χ2v) is 18.2. The highest BCUT2D eigenvalue weighted by molar-refractivity contribution is 9.09. The summed E-state index contributed by atoms with van der Waals surface area (Å²) in [6.07, 6.45) is 18.2. The molecule has 0 heterocycles. The molecule has 12 fully saturated rings. The predicted octanol–water partition coefficient (Wildman–Crippen LogP) is 7.84. The molecule has 4 nitrogen and oxygen atoms in total. The SMILES string of the molecule is O=C(OC1(CBr)C2CC3CC(C2)CC1C3)C12CC3CC(C1)CC(C(=O)OC1(CBr)C4CC5CC(C4)CC1C5)(C3)C2. The zero-order valence-corrected chi connectivity index (χ0v) is 27.1. The number of rotatable bonds is 6. The summed E-state index contributed by atoms with van der Waals surface area (Å²) in [5, 5.41) is 1.55. The van der Waals surface area contributed by atoms with Gasteiger partial charge in [0.2, 0.25) is 0 Å². The summed E-state index contributed by atoms with van der Waals surface area (Å²) in [6.45, 7) is 0. The summed E-state index contributed by atoms with van der Waals surface area (Å²) in [7, 11) is 0. The summed E-state index contributed by atoms with van der Waals surface area (Å²) in [4.78, 5) is 29.0. The Balaban J connectivity index is 0.994. The number of carbonyl (C=O) groups excluding carboxylic acids is 2. The Bertz CT molecular complexity index is 963. The number of halogens is 2. The molecule has 0 saturated heterocycles. The largest absolute Gasteiger partial charge is 0.457 e. The molecule has 12 bridgehead atoms. The van der Waals surface area contributed by atoms with Gasteiger partial charge >= 0.3 is 11.9 Å². The quantitative estimate of drug-likeness (QED) is 0.212. The molecular formula is C34H46Br2O4. The van der Waals surface area contributed by atoms with E-state index in [1.807, 2.05) is 0 Å². The van der Waals surface area contributed by atoms with E-state index in [2.05, 4.69) is 31.9 Å². The van der Waals surface area contributed by atoms with E-state index in [0.29, 0.717) is 41.9 Å². The molecule has 0 amide bonds. The van der Waals surface area contributed by atoms with Crippen LogP contribution >= 0.6 is 31.9 Å². The standard InChI is InChI=1S/C34H46Br2O4/c35-17-33(25-4-19-1-20(6-25)7-26(33)5-19)39-29(37)31-12-23-3-24(13-31)15-32(14-23,16-31)30(38)40-34(18-36)27-8-21-2-22(10-27)11-28(34)9-21/h19-28H,1-18H2. The van der Waals surface area contributed by atoms with Gasteiger partial charge in [-0.05, 0) is 138 Å². The van der Waals surface area contributed by atoms with Crippen molar-refractivity contribution in [3.63, 3.8) is 0 Å². The van der Waals surface area contributed by atoms with Crippen LogP contribution in [0.3, 0.4) is 0 Å². The Kier molecular flexibility index (Phi) is 5.76. The molecule has 0 aromatic heterocycles. The van der Waals surface area contributed by atoms with E-state index >= 15 is 0 Å². The van der Waals surface area contributed by atoms with Crippen molar-refractivity contribution in [2.24, 2.45) is 70.0 Å². The molecule has 12 saturated carbocycles. The third kappa shape index (κ3) is 3.47. The summed E-state index contributed by atoms with van der Waals surface area (Å²) in [6, 6.07) is 0. The maximum atomic E-state index is 14.5. The third-order valence-electron chi connectivity index (χ3n) is 15.0. The van der Waals surface area contributed by atoms with Gasteiger partial charge in [0.1, 0.15) is 11.2 Å². The molecule has 12 aliphatic rings. The zero-order chi connectivity index (χ0) is 27.1. The molecule has 12 rings (SSSR count). The van der Waals surface area contributed by atoms with Gasteiger partial charge in [-0.2, -0.15) is 0 Å². The second-order valence-electron chi connectivity index (χ2n) is 17.1. The fraction of sp³-hybridized carbons (Fsp3) is 0.941. The van der Waals surface area contributed by atoms with Gasteiger partial charge in [-0.25, -0.2) is 0 Å². The van der Waals surface area contributed by atoms with Crippen molar-refractivity contribution in [2.45, 2.75) is 114 Å². The second kappa shape index (κ2) is 8.75. The average Bonchev–Trinajstić information content (AvgIpc) is 2.91. The Morgan fingerprint density at radius 2 is 0.800 bits per heavy atom. The normalized spacial score (nSPS) is 58.0. The number of esters is 2. The van der Waals surface area contributed by atoms with Gasteiger partial charge < -0.3 is 9.47 Å². The molecule has 0 aromatic carbocycles. The van der Waals surface area contributed by atoms with Crippen LogP contribution in [-0.4, -0.2) is 33.8 Å². The molecule has 0 aromatic rings. The van der Waals surface area contributed by atoms with Crippen LogP contribution in [0.25, 0.3) is 0 Å². The maximum Gasteiger partial charge on any atom is 0.312 e. The van der Waals surface area contributed by atoms with E-state index in [4.69, 9.17) is 9.47 Å². The molecule has 0 atom stereocenters. The lowest BCUT2D eigenvalue weighted by Crippen LogP contribution is -2.65. The van der Waals surface area contributed by atoms with Crippen LogP contribution in [0, 0.1) is 70.0 Å². The molecule has 0 radical (unpaired) electrons. The zero-order valence-electron chi connectivity index (χ0n) is 23.9. The minimum atomic E-state index is -0.488. The van der Waals surface area contributed by atoms with E-state index in [9.17, 15) is 9.59 Å². The highest BCUT2D eigenvalue weighted by Crippen LogP contribution is 2.68. The monoisotopic (exact) mass is 676 g/mol. The lowest BCUT2D eigenvalue weighted by atomic mass is 9.44. The van der Waals surface area contributed by atoms with Crippen LogP contribution < -0.4 is 0 Å². The summed E-state index contributed by atoms with van der Waals surface area (Å²) in [5.41, 5.74) is -1.64. The van der Waals surface area contributed by atoms with Crippen LogP contribution in [-0.2, 0) is 19.1 Å².